The highest BCUT2D eigenvalue weighted by molar-refractivity contribution is 6.04. The summed E-state index contributed by atoms with van der Waals surface area (Å²) in [6.45, 7) is 4.38. The molecule has 18 heavy (non-hydrogen) atoms. The van der Waals surface area contributed by atoms with E-state index >= 15 is 0 Å². The highest BCUT2D eigenvalue weighted by Gasteiger charge is 2.17. The fourth-order valence-corrected chi connectivity index (χ4v) is 1.70. The standard InChI is InChI=1S/C14H15N3O/c1-3-17(12-7-5-4-6-8-12)14(18)13-10-9-11(2)15-16-13/h4-10H,3H2,1-2H3. The zero-order chi connectivity index (χ0) is 13.0. The highest BCUT2D eigenvalue weighted by Crippen LogP contribution is 2.15. The van der Waals surface area contributed by atoms with Gasteiger partial charge in [-0.2, -0.15) is 5.10 Å². The van der Waals surface area contributed by atoms with Crippen LogP contribution in [-0.4, -0.2) is 22.6 Å². The predicted octanol–water partition coefficient (Wildman–Crippen LogP) is 2.45. The van der Waals surface area contributed by atoms with Gasteiger partial charge in [-0.3, -0.25) is 4.79 Å². The number of carbonyl (C=O) groups excluding carboxylic acids is 1. The normalized spacial score (nSPS) is 10.1. The Balaban J connectivity index is 2.28. The maximum Gasteiger partial charge on any atom is 0.278 e. The lowest BCUT2D eigenvalue weighted by Crippen LogP contribution is -2.31. The van der Waals surface area contributed by atoms with E-state index in [2.05, 4.69) is 10.2 Å². The number of carbonyl (C=O) groups is 1. The first-order chi connectivity index (χ1) is 8.72. The Hall–Kier alpha value is -2.23. The monoisotopic (exact) mass is 241 g/mol. The van der Waals surface area contributed by atoms with Crippen molar-refractivity contribution >= 4 is 11.6 Å². The van der Waals surface area contributed by atoms with Crippen molar-refractivity contribution in [1.29, 1.82) is 0 Å². The van der Waals surface area contributed by atoms with E-state index in [0.29, 0.717) is 12.2 Å². The van der Waals surface area contributed by atoms with E-state index in [1.54, 1.807) is 17.0 Å². The van der Waals surface area contributed by atoms with Crippen LogP contribution in [0.5, 0.6) is 0 Å². The summed E-state index contributed by atoms with van der Waals surface area (Å²) in [6.07, 6.45) is 0. The Morgan fingerprint density at radius 2 is 1.83 bits per heavy atom. The summed E-state index contributed by atoms with van der Waals surface area (Å²) in [5.74, 6) is -0.129. The molecule has 0 spiro atoms. The van der Waals surface area contributed by atoms with Crippen LogP contribution in [0.15, 0.2) is 42.5 Å². The fraction of sp³-hybridized carbons (Fsp3) is 0.214. The third-order valence-electron chi connectivity index (χ3n) is 2.65. The van der Waals surface area contributed by atoms with E-state index in [9.17, 15) is 4.79 Å². The summed E-state index contributed by atoms with van der Waals surface area (Å²) in [6, 6.07) is 13.0. The minimum atomic E-state index is -0.129. The molecule has 0 saturated carbocycles. The summed E-state index contributed by atoms with van der Waals surface area (Å²) in [7, 11) is 0. The van der Waals surface area contributed by atoms with E-state index in [4.69, 9.17) is 0 Å². The molecular formula is C14H15N3O. The van der Waals surface area contributed by atoms with E-state index in [0.717, 1.165) is 11.4 Å². The molecule has 0 unspecified atom stereocenters. The van der Waals surface area contributed by atoms with Gasteiger partial charge in [0.25, 0.3) is 5.91 Å². The molecule has 4 heteroatoms. The molecule has 2 rings (SSSR count). The number of hydrogen-bond acceptors (Lipinski definition) is 3. The maximum atomic E-state index is 12.3. The minimum absolute atomic E-state index is 0.129. The van der Waals surface area contributed by atoms with Crippen LogP contribution < -0.4 is 4.90 Å². The van der Waals surface area contributed by atoms with Crippen LogP contribution in [0, 0.1) is 6.92 Å². The molecule has 0 aliphatic rings. The van der Waals surface area contributed by atoms with Gasteiger partial charge in [-0.15, -0.1) is 5.10 Å². The van der Waals surface area contributed by atoms with Crippen molar-refractivity contribution in [2.24, 2.45) is 0 Å². The van der Waals surface area contributed by atoms with E-state index in [1.807, 2.05) is 44.2 Å². The van der Waals surface area contributed by atoms with Crippen molar-refractivity contribution in [2.75, 3.05) is 11.4 Å². The second kappa shape index (κ2) is 5.40. The van der Waals surface area contributed by atoms with Gasteiger partial charge in [0.1, 0.15) is 0 Å². The summed E-state index contributed by atoms with van der Waals surface area (Å²) in [5, 5.41) is 7.84. The zero-order valence-electron chi connectivity index (χ0n) is 10.5. The summed E-state index contributed by atoms with van der Waals surface area (Å²) >= 11 is 0. The van der Waals surface area contributed by atoms with Gasteiger partial charge < -0.3 is 4.90 Å². The first-order valence-electron chi connectivity index (χ1n) is 5.89. The number of aromatic nitrogens is 2. The molecule has 0 N–H and O–H groups in total. The number of nitrogens with zero attached hydrogens (tertiary/aromatic N) is 3. The molecule has 1 aromatic heterocycles. The number of anilines is 1. The first kappa shape index (κ1) is 12.2. The minimum Gasteiger partial charge on any atom is -0.307 e. The SMILES string of the molecule is CCN(C(=O)c1ccc(C)nn1)c1ccccc1. The average Bonchev–Trinajstić information content (AvgIpc) is 2.41. The summed E-state index contributed by atoms with van der Waals surface area (Å²) in [5.41, 5.74) is 2.04. The lowest BCUT2D eigenvalue weighted by molar-refractivity contribution is 0.0982. The van der Waals surface area contributed by atoms with Crippen LogP contribution >= 0.6 is 0 Å². The third kappa shape index (κ3) is 2.53. The van der Waals surface area contributed by atoms with Crippen molar-refractivity contribution in [3.05, 3.63) is 53.9 Å². The van der Waals surface area contributed by atoms with Crippen LogP contribution in [0.25, 0.3) is 0 Å². The lowest BCUT2D eigenvalue weighted by Gasteiger charge is -2.20. The molecule has 4 nitrogen and oxygen atoms in total. The Kier molecular flexibility index (Phi) is 3.67. The van der Waals surface area contributed by atoms with Gasteiger partial charge in [0.05, 0.1) is 5.69 Å². The molecular weight excluding hydrogens is 226 g/mol. The molecule has 1 heterocycles. The van der Waals surface area contributed by atoms with Crippen LogP contribution in [0.2, 0.25) is 0 Å². The second-order valence-electron chi connectivity index (χ2n) is 3.94. The lowest BCUT2D eigenvalue weighted by atomic mass is 10.2. The van der Waals surface area contributed by atoms with Crippen LogP contribution in [-0.2, 0) is 0 Å². The van der Waals surface area contributed by atoms with Crippen LogP contribution in [0.4, 0.5) is 5.69 Å². The van der Waals surface area contributed by atoms with Crippen molar-refractivity contribution in [2.45, 2.75) is 13.8 Å². The number of rotatable bonds is 3. The molecule has 1 aromatic carbocycles. The van der Waals surface area contributed by atoms with Gasteiger partial charge in [-0.05, 0) is 38.1 Å². The Morgan fingerprint density at radius 1 is 1.11 bits per heavy atom. The summed E-state index contributed by atoms with van der Waals surface area (Å²) < 4.78 is 0. The quantitative estimate of drug-likeness (QED) is 0.829. The molecule has 92 valence electrons. The highest BCUT2D eigenvalue weighted by atomic mass is 16.2. The van der Waals surface area contributed by atoms with Gasteiger partial charge in [-0.25, -0.2) is 0 Å². The zero-order valence-corrected chi connectivity index (χ0v) is 10.5. The maximum absolute atomic E-state index is 12.3. The number of para-hydroxylation sites is 1. The number of benzene rings is 1. The van der Waals surface area contributed by atoms with E-state index < -0.39 is 0 Å². The molecule has 0 atom stereocenters. The van der Waals surface area contributed by atoms with E-state index in [1.165, 1.54) is 0 Å². The topological polar surface area (TPSA) is 46.1 Å². The number of hydrogen-bond donors (Lipinski definition) is 0. The largest absolute Gasteiger partial charge is 0.307 e. The van der Waals surface area contributed by atoms with Crippen molar-refractivity contribution in [1.82, 2.24) is 10.2 Å². The van der Waals surface area contributed by atoms with Crippen LogP contribution in [0.1, 0.15) is 23.1 Å². The van der Waals surface area contributed by atoms with Gasteiger partial charge >= 0.3 is 0 Å². The molecule has 0 aliphatic heterocycles. The Morgan fingerprint density at radius 3 is 2.39 bits per heavy atom. The molecule has 0 saturated heterocycles. The van der Waals surface area contributed by atoms with Gasteiger partial charge in [0.2, 0.25) is 0 Å². The second-order valence-corrected chi connectivity index (χ2v) is 3.94. The average molecular weight is 241 g/mol. The molecule has 0 radical (unpaired) electrons. The predicted molar refractivity (Wildman–Crippen MR) is 70.6 cm³/mol. The van der Waals surface area contributed by atoms with Crippen molar-refractivity contribution < 1.29 is 4.79 Å². The molecule has 0 bridgehead atoms. The third-order valence-corrected chi connectivity index (χ3v) is 2.65. The summed E-state index contributed by atoms with van der Waals surface area (Å²) in [4.78, 5) is 14.0. The molecule has 0 fully saturated rings. The molecule has 2 aromatic rings. The van der Waals surface area contributed by atoms with Gasteiger partial charge in [0, 0.05) is 12.2 Å². The van der Waals surface area contributed by atoms with Gasteiger partial charge in [0.15, 0.2) is 5.69 Å². The Bertz CT molecular complexity index is 522. The van der Waals surface area contributed by atoms with E-state index in [-0.39, 0.29) is 5.91 Å². The first-order valence-corrected chi connectivity index (χ1v) is 5.89. The van der Waals surface area contributed by atoms with Crippen molar-refractivity contribution in [3.63, 3.8) is 0 Å². The van der Waals surface area contributed by atoms with Crippen molar-refractivity contribution in [3.8, 4) is 0 Å². The smallest absolute Gasteiger partial charge is 0.278 e. The number of amides is 1. The Labute approximate surface area is 106 Å². The molecule has 1 amide bonds. The van der Waals surface area contributed by atoms with Crippen LogP contribution in [0.3, 0.4) is 0 Å². The van der Waals surface area contributed by atoms with Gasteiger partial charge in [-0.1, -0.05) is 18.2 Å². The number of aryl methyl sites for hydroxylation is 1. The fourth-order valence-electron chi connectivity index (χ4n) is 1.70. The molecule has 0 aliphatic carbocycles.